The highest BCUT2D eigenvalue weighted by atomic mass is 16.5. The smallest absolute Gasteiger partial charge is 0.232 e. The molecule has 0 unspecified atom stereocenters. The van der Waals surface area contributed by atoms with Crippen LogP contribution in [0.25, 0.3) is 0 Å². The summed E-state index contributed by atoms with van der Waals surface area (Å²) in [4.78, 5) is 14.3. The summed E-state index contributed by atoms with van der Waals surface area (Å²) in [6.45, 7) is 4.57. The van der Waals surface area contributed by atoms with Crippen molar-refractivity contribution in [2.24, 2.45) is 11.8 Å². The normalized spacial score (nSPS) is 40.3. The van der Waals surface area contributed by atoms with E-state index in [1.165, 1.54) is 6.42 Å². The summed E-state index contributed by atoms with van der Waals surface area (Å²) in [6, 6.07) is 0.185. The Kier molecular flexibility index (Phi) is 2.90. The highest BCUT2D eigenvalue weighted by Gasteiger charge is 2.62. The van der Waals surface area contributed by atoms with Crippen molar-refractivity contribution in [3.8, 4) is 0 Å². The van der Waals surface area contributed by atoms with Crippen LogP contribution >= 0.6 is 0 Å². The van der Waals surface area contributed by atoms with Gasteiger partial charge in [0.05, 0.1) is 24.7 Å². The van der Waals surface area contributed by atoms with E-state index in [-0.39, 0.29) is 23.6 Å². The van der Waals surface area contributed by atoms with E-state index in [2.05, 4.69) is 6.92 Å². The first-order valence-corrected chi connectivity index (χ1v) is 7.22. The second kappa shape index (κ2) is 4.20. The third-order valence-electron chi connectivity index (χ3n) is 4.98. The van der Waals surface area contributed by atoms with Crippen molar-refractivity contribution in [1.82, 2.24) is 4.90 Å². The first kappa shape index (κ1) is 12.4. The predicted molar refractivity (Wildman–Crippen MR) is 66.7 cm³/mol. The molecule has 2 heterocycles. The molecule has 0 bridgehead atoms. The second-order valence-electron chi connectivity index (χ2n) is 6.26. The summed E-state index contributed by atoms with van der Waals surface area (Å²) < 4.78 is 6.07. The fourth-order valence-corrected chi connectivity index (χ4v) is 4.05. The fourth-order valence-electron chi connectivity index (χ4n) is 4.05. The molecule has 4 atom stereocenters. The lowest BCUT2D eigenvalue weighted by Crippen LogP contribution is -2.77. The van der Waals surface area contributed by atoms with Crippen molar-refractivity contribution in [2.45, 2.75) is 63.8 Å². The lowest BCUT2D eigenvalue weighted by atomic mass is 9.71. The van der Waals surface area contributed by atoms with Gasteiger partial charge < -0.3 is 14.7 Å². The SMILES string of the molecule is C[C@@H](O)[C@H]1C(=O)N2[C@@H]1[C@@H](C)COC21CCCCC1. The third-order valence-corrected chi connectivity index (χ3v) is 4.98. The van der Waals surface area contributed by atoms with Crippen LogP contribution in [-0.4, -0.2) is 40.4 Å². The van der Waals surface area contributed by atoms with Crippen LogP contribution < -0.4 is 0 Å². The first-order chi connectivity index (χ1) is 8.57. The molecule has 1 saturated carbocycles. The zero-order valence-corrected chi connectivity index (χ0v) is 11.3. The molecule has 3 rings (SSSR count). The van der Waals surface area contributed by atoms with Crippen LogP contribution in [0.1, 0.15) is 46.0 Å². The minimum atomic E-state index is -0.542. The van der Waals surface area contributed by atoms with Crippen LogP contribution in [0.3, 0.4) is 0 Å². The number of hydrogen-bond acceptors (Lipinski definition) is 3. The maximum atomic E-state index is 12.3. The lowest BCUT2D eigenvalue weighted by Gasteiger charge is -2.63. The molecule has 1 spiro atoms. The Balaban J connectivity index is 1.87. The molecule has 18 heavy (non-hydrogen) atoms. The first-order valence-electron chi connectivity index (χ1n) is 7.22. The van der Waals surface area contributed by atoms with E-state index in [4.69, 9.17) is 4.74 Å². The van der Waals surface area contributed by atoms with Gasteiger partial charge in [-0.05, 0) is 32.6 Å². The molecule has 2 aliphatic heterocycles. The highest BCUT2D eigenvalue weighted by molar-refractivity contribution is 5.87. The predicted octanol–water partition coefficient (Wildman–Crippen LogP) is 1.52. The van der Waals surface area contributed by atoms with E-state index >= 15 is 0 Å². The minimum absolute atomic E-state index is 0.100. The number of carbonyl (C=O) groups excluding carboxylic acids is 1. The van der Waals surface area contributed by atoms with Gasteiger partial charge in [-0.15, -0.1) is 0 Å². The molecule has 1 N–H and O–H groups in total. The van der Waals surface area contributed by atoms with Crippen LogP contribution in [0.15, 0.2) is 0 Å². The maximum absolute atomic E-state index is 12.3. The Bertz CT molecular complexity index is 349. The van der Waals surface area contributed by atoms with Gasteiger partial charge in [-0.3, -0.25) is 4.79 Å². The van der Waals surface area contributed by atoms with Gasteiger partial charge in [0.2, 0.25) is 5.91 Å². The molecule has 1 aliphatic carbocycles. The number of hydrogen-bond donors (Lipinski definition) is 1. The average molecular weight is 253 g/mol. The highest BCUT2D eigenvalue weighted by Crippen LogP contribution is 2.49. The number of aliphatic hydroxyl groups is 1. The molecule has 3 aliphatic rings. The topological polar surface area (TPSA) is 49.8 Å². The van der Waals surface area contributed by atoms with Gasteiger partial charge >= 0.3 is 0 Å². The van der Waals surface area contributed by atoms with E-state index in [0.717, 1.165) is 32.3 Å². The van der Waals surface area contributed by atoms with Crippen molar-refractivity contribution in [1.29, 1.82) is 0 Å². The number of amides is 1. The zero-order chi connectivity index (χ0) is 12.9. The van der Waals surface area contributed by atoms with Crippen molar-refractivity contribution in [3.63, 3.8) is 0 Å². The number of fused-ring (bicyclic) bond motifs is 2. The van der Waals surface area contributed by atoms with E-state index in [1.54, 1.807) is 6.92 Å². The van der Waals surface area contributed by atoms with Crippen LogP contribution in [0.4, 0.5) is 0 Å². The van der Waals surface area contributed by atoms with Gasteiger partial charge in [0, 0.05) is 5.92 Å². The summed E-state index contributed by atoms with van der Waals surface area (Å²) in [5.74, 6) is 0.223. The van der Waals surface area contributed by atoms with Gasteiger partial charge in [0.25, 0.3) is 0 Å². The molecule has 0 aromatic heterocycles. The van der Waals surface area contributed by atoms with E-state index in [0.29, 0.717) is 5.92 Å². The lowest BCUT2D eigenvalue weighted by molar-refractivity contribution is -0.275. The third kappa shape index (κ3) is 1.55. The van der Waals surface area contributed by atoms with Crippen LogP contribution in [0.5, 0.6) is 0 Å². The molecular weight excluding hydrogens is 230 g/mol. The Labute approximate surface area is 108 Å². The maximum Gasteiger partial charge on any atom is 0.232 e. The summed E-state index contributed by atoms with van der Waals surface area (Å²) >= 11 is 0. The Morgan fingerprint density at radius 1 is 1.39 bits per heavy atom. The number of β-lactam (4-membered cyclic amide) rings is 1. The monoisotopic (exact) mass is 253 g/mol. The zero-order valence-electron chi connectivity index (χ0n) is 11.3. The Hall–Kier alpha value is -0.610. The van der Waals surface area contributed by atoms with Crippen LogP contribution in [-0.2, 0) is 9.53 Å². The molecule has 4 heteroatoms. The number of carbonyl (C=O) groups is 1. The van der Waals surface area contributed by atoms with E-state index in [1.807, 2.05) is 4.90 Å². The van der Waals surface area contributed by atoms with Crippen LogP contribution in [0.2, 0.25) is 0 Å². The summed E-state index contributed by atoms with van der Waals surface area (Å²) in [5.41, 5.74) is -0.335. The fraction of sp³-hybridized carbons (Fsp3) is 0.929. The van der Waals surface area contributed by atoms with Gasteiger partial charge in [-0.25, -0.2) is 0 Å². The molecule has 0 aromatic rings. The summed E-state index contributed by atoms with van der Waals surface area (Å²) in [7, 11) is 0. The number of rotatable bonds is 1. The number of nitrogens with zero attached hydrogens (tertiary/aromatic N) is 1. The quantitative estimate of drug-likeness (QED) is 0.721. The molecule has 4 nitrogen and oxygen atoms in total. The molecule has 3 fully saturated rings. The minimum Gasteiger partial charge on any atom is -0.393 e. The van der Waals surface area contributed by atoms with Crippen molar-refractivity contribution < 1.29 is 14.6 Å². The number of aliphatic hydroxyl groups excluding tert-OH is 1. The average Bonchev–Trinajstić information content (AvgIpc) is 2.32. The van der Waals surface area contributed by atoms with Gasteiger partial charge in [0.1, 0.15) is 5.72 Å². The summed E-state index contributed by atoms with van der Waals surface area (Å²) in [5, 5.41) is 9.80. The van der Waals surface area contributed by atoms with Gasteiger partial charge in [0.15, 0.2) is 0 Å². The largest absolute Gasteiger partial charge is 0.393 e. The summed E-state index contributed by atoms with van der Waals surface area (Å²) in [6.07, 6.45) is 4.92. The molecule has 2 saturated heterocycles. The second-order valence-corrected chi connectivity index (χ2v) is 6.26. The standard InChI is InChI=1S/C14H23NO3/c1-9-8-18-14(6-4-3-5-7-14)15-12(9)11(10(2)16)13(15)17/h9-12,16H,3-8H2,1-2H3/t9-,10+,11+,12+/m0/s1. The number of ether oxygens (including phenoxy) is 1. The van der Waals surface area contributed by atoms with E-state index < -0.39 is 6.10 Å². The van der Waals surface area contributed by atoms with Crippen LogP contribution in [0, 0.1) is 11.8 Å². The molecule has 102 valence electrons. The van der Waals surface area contributed by atoms with Crippen molar-refractivity contribution >= 4 is 5.91 Å². The molecule has 0 radical (unpaired) electrons. The van der Waals surface area contributed by atoms with Gasteiger partial charge in [-0.2, -0.15) is 0 Å². The van der Waals surface area contributed by atoms with E-state index in [9.17, 15) is 9.90 Å². The van der Waals surface area contributed by atoms with Crippen molar-refractivity contribution in [2.75, 3.05) is 6.61 Å². The Morgan fingerprint density at radius 2 is 2.06 bits per heavy atom. The Morgan fingerprint density at radius 3 is 2.67 bits per heavy atom. The molecular formula is C14H23NO3. The van der Waals surface area contributed by atoms with Gasteiger partial charge in [-0.1, -0.05) is 13.3 Å². The van der Waals surface area contributed by atoms with Crippen molar-refractivity contribution in [3.05, 3.63) is 0 Å². The molecule has 1 amide bonds. The molecule has 0 aromatic carbocycles.